The van der Waals surface area contributed by atoms with Crippen molar-refractivity contribution >= 4 is 7.82 Å². The molecule has 0 saturated carbocycles. The molecule has 0 aromatic rings. The van der Waals surface area contributed by atoms with Crippen molar-refractivity contribution in [3.63, 3.8) is 0 Å². The molecule has 0 bridgehead atoms. The van der Waals surface area contributed by atoms with E-state index in [1.165, 1.54) is 0 Å². The van der Waals surface area contributed by atoms with Crippen LogP contribution in [0.3, 0.4) is 0 Å². The highest BCUT2D eigenvalue weighted by Gasteiger charge is 2.28. The van der Waals surface area contributed by atoms with Gasteiger partial charge in [0.15, 0.2) is 5.79 Å². The fourth-order valence-electron chi connectivity index (χ4n) is 1.94. The van der Waals surface area contributed by atoms with Crippen molar-refractivity contribution in [3.8, 4) is 0 Å². The molecule has 106 valence electrons. The number of rotatable bonds is 6. The fraction of sp³-hybridized carbons (Fsp3) is 0.818. The SMILES string of the molecule is CC1=C[C@H](COP(=O)(O)O)C[C@H]1COC(C)(C)O. The summed E-state index contributed by atoms with van der Waals surface area (Å²) in [7, 11) is -4.40. The van der Waals surface area contributed by atoms with Crippen LogP contribution >= 0.6 is 7.82 Å². The van der Waals surface area contributed by atoms with Crippen molar-refractivity contribution in [2.75, 3.05) is 13.2 Å². The van der Waals surface area contributed by atoms with Crippen LogP contribution in [0.25, 0.3) is 0 Å². The lowest BCUT2D eigenvalue weighted by Gasteiger charge is -2.22. The van der Waals surface area contributed by atoms with Gasteiger partial charge in [-0.1, -0.05) is 11.6 Å². The van der Waals surface area contributed by atoms with Crippen molar-refractivity contribution in [1.82, 2.24) is 0 Å². The van der Waals surface area contributed by atoms with Gasteiger partial charge < -0.3 is 19.6 Å². The Kier molecular flexibility index (Phi) is 5.12. The number of aliphatic hydroxyl groups is 1. The van der Waals surface area contributed by atoms with Gasteiger partial charge in [0.1, 0.15) is 0 Å². The van der Waals surface area contributed by atoms with Gasteiger partial charge in [0.05, 0.1) is 13.2 Å². The summed E-state index contributed by atoms with van der Waals surface area (Å²) in [5.41, 5.74) is 1.10. The summed E-state index contributed by atoms with van der Waals surface area (Å²) in [5, 5.41) is 9.47. The Morgan fingerprint density at radius 2 is 2.06 bits per heavy atom. The fourth-order valence-corrected chi connectivity index (χ4v) is 2.33. The monoisotopic (exact) mass is 280 g/mol. The normalized spacial score (nSPS) is 25.3. The van der Waals surface area contributed by atoms with Crippen molar-refractivity contribution in [3.05, 3.63) is 11.6 Å². The first-order valence-electron chi connectivity index (χ1n) is 5.81. The minimum atomic E-state index is -4.40. The molecule has 1 aliphatic carbocycles. The van der Waals surface area contributed by atoms with Gasteiger partial charge in [-0.05, 0) is 27.2 Å². The van der Waals surface area contributed by atoms with E-state index in [1.807, 2.05) is 13.0 Å². The van der Waals surface area contributed by atoms with Gasteiger partial charge in [-0.25, -0.2) is 4.57 Å². The first-order chi connectivity index (χ1) is 8.07. The van der Waals surface area contributed by atoms with E-state index < -0.39 is 13.6 Å². The molecule has 0 spiro atoms. The smallest absolute Gasteiger partial charge is 0.366 e. The highest BCUT2D eigenvalue weighted by atomic mass is 31.2. The molecule has 0 saturated heterocycles. The van der Waals surface area contributed by atoms with Crippen LogP contribution < -0.4 is 0 Å². The molecule has 0 aliphatic heterocycles. The number of phosphoric acid groups is 1. The van der Waals surface area contributed by atoms with Crippen LogP contribution in [-0.4, -0.2) is 33.9 Å². The van der Waals surface area contributed by atoms with Gasteiger partial charge in [0.25, 0.3) is 0 Å². The third kappa shape index (κ3) is 6.09. The summed E-state index contributed by atoms with van der Waals surface area (Å²) in [6.07, 6.45) is 2.65. The molecule has 18 heavy (non-hydrogen) atoms. The lowest BCUT2D eigenvalue weighted by molar-refractivity contribution is -0.181. The van der Waals surface area contributed by atoms with Crippen LogP contribution in [0, 0.1) is 11.8 Å². The van der Waals surface area contributed by atoms with Crippen molar-refractivity contribution in [1.29, 1.82) is 0 Å². The van der Waals surface area contributed by atoms with Crippen LogP contribution in [0.4, 0.5) is 0 Å². The number of ether oxygens (including phenoxy) is 1. The average Bonchev–Trinajstić information content (AvgIpc) is 2.51. The molecule has 7 heteroatoms. The Morgan fingerprint density at radius 3 is 2.56 bits per heavy atom. The van der Waals surface area contributed by atoms with Crippen LogP contribution in [0.1, 0.15) is 27.2 Å². The van der Waals surface area contributed by atoms with Gasteiger partial charge >= 0.3 is 7.82 Å². The van der Waals surface area contributed by atoms with E-state index in [-0.39, 0.29) is 18.4 Å². The summed E-state index contributed by atoms with van der Waals surface area (Å²) in [5.74, 6) is -1.03. The van der Waals surface area contributed by atoms with Gasteiger partial charge in [0, 0.05) is 11.8 Å². The zero-order valence-corrected chi connectivity index (χ0v) is 11.8. The van der Waals surface area contributed by atoms with E-state index in [2.05, 4.69) is 4.52 Å². The second-order valence-corrected chi connectivity index (χ2v) is 6.39. The van der Waals surface area contributed by atoms with Crippen LogP contribution in [0.2, 0.25) is 0 Å². The van der Waals surface area contributed by atoms with E-state index in [0.29, 0.717) is 13.0 Å². The second kappa shape index (κ2) is 5.82. The number of hydrogen-bond acceptors (Lipinski definition) is 4. The number of hydrogen-bond donors (Lipinski definition) is 3. The topological polar surface area (TPSA) is 96.2 Å². The van der Waals surface area contributed by atoms with Crippen LogP contribution in [0.15, 0.2) is 11.6 Å². The minimum Gasteiger partial charge on any atom is -0.366 e. The predicted octanol–water partition coefficient (Wildman–Crippen LogP) is 1.42. The summed E-state index contributed by atoms with van der Waals surface area (Å²) in [4.78, 5) is 17.3. The van der Waals surface area contributed by atoms with Gasteiger partial charge in [-0.15, -0.1) is 0 Å². The zero-order chi connectivity index (χ0) is 14.0. The molecular formula is C11H21O6P. The van der Waals surface area contributed by atoms with E-state index in [1.54, 1.807) is 13.8 Å². The Morgan fingerprint density at radius 1 is 1.44 bits per heavy atom. The molecule has 3 N–H and O–H groups in total. The molecular weight excluding hydrogens is 259 g/mol. The van der Waals surface area contributed by atoms with Crippen LogP contribution in [-0.2, 0) is 13.8 Å². The molecule has 0 heterocycles. The summed E-state index contributed by atoms with van der Waals surface area (Å²) >= 11 is 0. The highest BCUT2D eigenvalue weighted by Crippen LogP contribution is 2.39. The largest absolute Gasteiger partial charge is 0.469 e. The average molecular weight is 280 g/mol. The third-order valence-corrected chi connectivity index (χ3v) is 3.31. The lowest BCUT2D eigenvalue weighted by Crippen LogP contribution is -2.26. The molecule has 0 amide bonds. The predicted molar refractivity (Wildman–Crippen MR) is 65.6 cm³/mol. The van der Waals surface area contributed by atoms with E-state index in [0.717, 1.165) is 5.57 Å². The van der Waals surface area contributed by atoms with Gasteiger partial charge in [0.2, 0.25) is 0 Å². The maximum Gasteiger partial charge on any atom is 0.469 e. The van der Waals surface area contributed by atoms with Crippen LogP contribution in [0.5, 0.6) is 0 Å². The molecule has 1 aliphatic rings. The summed E-state index contributed by atoms with van der Waals surface area (Å²) in [6, 6.07) is 0. The molecule has 0 aromatic heterocycles. The van der Waals surface area contributed by atoms with E-state index in [4.69, 9.17) is 14.5 Å². The first-order valence-corrected chi connectivity index (χ1v) is 7.34. The molecule has 2 atom stereocenters. The highest BCUT2D eigenvalue weighted by molar-refractivity contribution is 7.46. The molecule has 1 rings (SSSR count). The number of phosphoric ester groups is 1. The lowest BCUT2D eigenvalue weighted by atomic mass is 10.0. The van der Waals surface area contributed by atoms with E-state index >= 15 is 0 Å². The first kappa shape index (κ1) is 15.8. The Bertz CT molecular complexity index is 353. The maximum atomic E-state index is 10.6. The van der Waals surface area contributed by atoms with Gasteiger partial charge in [-0.2, -0.15) is 0 Å². The molecule has 0 fully saturated rings. The molecule has 6 nitrogen and oxygen atoms in total. The van der Waals surface area contributed by atoms with Crippen molar-refractivity contribution < 1.29 is 28.7 Å². The van der Waals surface area contributed by atoms with Crippen molar-refractivity contribution in [2.45, 2.75) is 33.0 Å². The quantitative estimate of drug-likeness (QED) is 0.387. The second-order valence-electron chi connectivity index (χ2n) is 5.15. The standard InChI is InChI=1S/C11H21O6P/c1-8-4-9(6-17-18(13,14)15)5-10(8)7-16-11(2,3)12/h4,9-10,12H,5-7H2,1-3H3,(H2,13,14,15)/t9-,10-/m0/s1. The minimum absolute atomic E-state index is 0.000631. The Balaban J connectivity index is 2.40. The van der Waals surface area contributed by atoms with Crippen molar-refractivity contribution in [2.24, 2.45) is 11.8 Å². The summed E-state index contributed by atoms with van der Waals surface area (Å²) in [6.45, 7) is 5.46. The zero-order valence-electron chi connectivity index (χ0n) is 10.9. The Hall–Kier alpha value is -0.230. The maximum absolute atomic E-state index is 10.6. The molecule has 0 unspecified atom stereocenters. The van der Waals surface area contributed by atoms with Gasteiger partial charge in [-0.3, -0.25) is 4.52 Å². The Labute approximate surface area is 107 Å². The molecule has 0 radical (unpaired) electrons. The molecule has 0 aromatic carbocycles. The third-order valence-electron chi connectivity index (χ3n) is 2.82. The summed E-state index contributed by atoms with van der Waals surface area (Å²) < 4.78 is 20.4. The van der Waals surface area contributed by atoms with E-state index in [9.17, 15) is 9.67 Å².